The molecule has 2 aliphatic rings. The Balaban J connectivity index is 1.34. The van der Waals surface area contributed by atoms with Crippen molar-refractivity contribution in [3.63, 3.8) is 0 Å². The molecule has 0 bridgehead atoms. The van der Waals surface area contributed by atoms with E-state index in [1.807, 2.05) is 6.07 Å². The molecule has 204 valence electrons. The Morgan fingerprint density at radius 2 is 1.69 bits per heavy atom. The van der Waals surface area contributed by atoms with Crippen molar-refractivity contribution in [1.82, 2.24) is 15.0 Å². The van der Waals surface area contributed by atoms with Crippen LogP contribution in [0.5, 0.6) is 0 Å². The number of nitro benzene ring substituents is 1. The molecule has 39 heavy (non-hydrogen) atoms. The van der Waals surface area contributed by atoms with E-state index in [0.717, 1.165) is 51.9 Å². The van der Waals surface area contributed by atoms with Crippen LogP contribution in [0.4, 0.5) is 39.3 Å². The molecule has 11 nitrogen and oxygen atoms in total. The third kappa shape index (κ3) is 6.75. The van der Waals surface area contributed by atoms with Crippen molar-refractivity contribution in [2.75, 3.05) is 46.7 Å². The Morgan fingerprint density at radius 3 is 2.41 bits per heavy atom. The molecular formula is C27H32FN9O2. The van der Waals surface area contributed by atoms with E-state index in [1.165, 1.54) is 30.8 Å². The number of aromatic nitrogens is 3. The second kappa shape index (κ2) is 12.0. The van der Waals surface area contributed by atoms with Gasteiger partial charge in [-0.15, -0.1) is 0 Å². The van der Waals surface area contributed by atoms with Gasteiger partial charge in [0.15, 0.2) is 0 Å². The molecule has 12 heteroatoms. The van der Waals surface area contributed by atoms with Gasteiger partial charge in [0.2, 0.25) is 17.8 Å². The minimum Gasteiger partial charge on any atom is -0.366 e. The molecule has 2 N–H and O–H groups in total. The van der Waals surface area contributed by atoms with Gasteiger partial charge < -0.3 is 15.1 Å². The lowest BCUT2D eigenvalue weighted by atomic mass is 9.98. The summed E-state index contributed by atoms with van der Waals surface area (Å²) in [6.07, 6.45) is 6.82. The fraction of sp³-hybridized carbons (Fsp3) is 0.407. The summed E-state index contributed by atoms with van der Waals surface area (Å²) in [6.45, 7) is 5.51. The summed E-state index contributed by atoms with van der Waals surface area (Å²) in [6, 6.07) is 11.1. The monoisotopic (exact) mass is 533 g/mol. The zero-order chi connectivity index (χ0) is 27.2. The second-order valence-electron chi connectivity index (χ2n) is 10.0. The molecule has 2 aliphatic heterocycles. The van der Waals surface area contributed by atoms with E-state index < -0.39 is 0 Å². The minimum atomic E-state index is -0.345. The molecule has 2 fully saturated rings. The van der Waals surface area contributed by atoms with E-state index in [9.17, 15) is 14.5 Å². The Labute approximate surface area is 226 Å². The SMILES string of the molecule is CC1CCN(c2ccc(/C=N/Nc3nc(Nc4ccc(F)cc4)nc(N4CCCCC4)n3)cc2[N+](=O)[O-])CC1. The van der Waals surface area contributed by atoms with Gasteiger partial charge in [-0.1, -0.05) is 13.0 Å². The number of piperidine rings is 2. The molecule has 2 aromatic carbocycles. The molecule has 0 amide bonds. The normalized spacial score (nSPS) is 16.5. The van der Waals surface area contributed by atoms with Crippen molar-refractivity contribution in [3.05, 3.63) is 64.0 Å². The van der Waals surface area contributed by atoms with Crippen LogP contribution in [0.3, 0.4) is 0 Å². The zero-order valence-electron chi connectivity index (χ0n) is 21.9. The Kier molecular flexibility index (Phi) is 8.09. The van der Waals surface area contributed by atoms with Crippen LogP contribution in [0.1, 0.15) is 44.6 Å². The van der Waals surface area contributed by atoms with Crippen LogP contribution in [0.2, 0.25) is 0 Å². The molecule has 0 atom stereocenters. The fourth-order valence-electron chi connectivity index (χ4n) is 4.82. The van der Waals surface area contributed by atoms with Gasteiger partial charge in [0.25, 0.3) is 5.69 Å². The smallest absolute Gasteiger partial charge is 0.293 e. The summed E-state index contributed by atoms with van der Waals surface area (Å²) >= 11 is 0. The predicted molar refractivity (Wildman–Crippen MR) is 150 cm³/mol. The number of rotatable bonds is 8. The lowest BCUT2D eigenvalue weighted by molar-refractivity contribution is -0.384. The first-order valence-corrected chi connectivity index (χ1v) is 13.3. The summed E-state index contributed by atoms with van der Waals surface area (Å²) in [5, 5.41) is 19.2. The lowest BCUT2D eigenvalue weighted by Crippen LogP contribution is -2.33. The molecule has 0 spiro atoms. The molecule has 5 rings (SSSR count). The quantitative estimate of drug-likeness (QED) is 0.224. The average Bonchev–Trinajstić information content (AvgIpc) is 2.95. The zero-order valence-corrected chi connectivity index (χ0v) is 21.9. The number of hydrogen-bond acceptors (Lipinski definition) is 10. The van der Waals surface area contributed by atoms with Crippen LogP contribution in [0.15, 0.2) is 47.6 Å². The molecule has 0 unspecified atom stereocenters. The minimum absolute atomic E-state index is 0.0619. The average molecular weight is 534 g/mol. The van der Waals surface area contributed by atoms with Crippen molar-refractivity contribution in [2.24, 2.45) is 11.0 Å². The summed E-state index contributed by atoms with van der Waals surface area (Å²) in [4.78, 5) is 29.2. The third-order valence-electron chi connectivity index (χ3n) is 7.06. The number of hydrazone groups is 1. The molecule has 0 aliphatic carbocycles. The third-order valence-corrected chi connectivity index (χ3v) is 7.06. The van der Waals surface area contributed by atoms with Crippen molar-refractivity contribution in [2.45, 2.75) is 39.0 Å². The van der Waals surface area contributed by atoms with Crippen molar-refractivity contribution in [3.8, 4) is 0 Å². The van der Waals surface area contributed by atoms with Gasteiger partial charge in [-0.25, -0.2) is 9.82 Å². The Morgan fingerprint density at radius 1 is 0.974 bits per heavy atom. The highest BCUT2D eigenvalue weighted by atomic mass is 19.1. The van der Waals surface area contributed by atoms with Crippen LogP contribution in [-0.4, -0.2) is 52.3 Å². The summed E-state index contributed by atoms with van der Waals surface area (Å²) in [5.41, 5.74) is 4.76. The van der Waals surface area contributed by atoms with Gasteiger partial charge in [-0.2, -0.15) is 20.1 Å². The highest BCUT2D eigenvalue weighted by molar-refractivity contribution is 5.83. The van der Waals surface area contributed by atoms with Crippen LogP contribution >= 0.6 is 0 Å². The number of nitrogens with one attached hydrogen (secondary N) is 2. The second-order valence-corrected chi connectivity index (χ2v) is 10.0. The number of nitro groups is 1. The van der Waals surface area contributed by atoms with Crippen molar-refractivity contribution in [1.29, 1.82) is 0 Å². The van der Waals surface area contributed by atoms with Crippen LogP contribution in [0.25, 0.3) is 0 Å². The van der Waals surface area contributed by atoms with Gasteiger partial charge in [0, 0.05) is 43.5 Å². The van der Waals surface area contributed by atoms with Gasteiger partial charge in [0.1, 0.15) is 11.5 Å². The lowest BCUT2D eigenvalue weighted by Gasteiger charge is -2.31. The summed E-state index contributed by atoms with van der Waals surface area (Å²) in [7, 11) is 0. The van der Waals surface area contributed by atoms with Gasteiger partial charge >= 0.3 is 0 Å². The molecule has 1 aromatic heterocycles. The number of hydrogen-bond donors (Lipinski definition) is 2. The van der Waals surface area contributed by atoms with E-state index in [4.69, 9.17) is 0 Å². The van der Waals surface area contributed by atoms with E-state index in [2.05, 4.69) is 47.5 Å². The van der Waals surface area contributed by atoms with Crippen molar-refractivity contribution < 1.29 is 9.31 Å². The van der Waals surface area contributed by atoms with E-state index in [1.54, 1.807) is 18.2 Å². The largest absolute Gasteiger partial charge is 0.366 e. The van der Waals surface area contributed by atoms with E-state index >= 15 is 0 Å². The maximum Gasteiger partial charge on any atom is 0.293 e. The topological polar surface area (TPSA) is 125 Å². The highest BCUT2D eigenvalue weighted by Gasteiger charge is 2.23. The van der Waals surface area contributed by atoms with E-state index in [-0.39, 0.29) is 22.4 Å². The van der Waals surface area contributed by atoms with Gasteiger partial charge in [-0.05, 0) is 68.4 Å². The van der Waals surface area contributed by atoms with E-state index in [0.29, 0.717) is 34.8 Å². The van der Waals surface area contributed by atoms with Crippen molar-refractivity contribution >= 4 is 41.1 Å². The van der Waals surface area contributed by atoms with Crippen LogP contribution < -0.4 is 20.5 Å². The first-order valence-electron chi connectivity index (χ1n) is 13.3. The standard InChI is InChI=1S/C27H32FN9O2/c1-19-11-15-35(16-12-19)23-10-5-20(17-24(23)37(38)39)18-29-34-26-31-25(30-22-8-6-21(28)7-9-22)32-27(33-26)36-13-3-2-4-14-36/h5-10,17-19H,2-4,11-16H2,1H3,(H2,30,31,32,33,34)/b29-18+. The fourth-order valence-corrected chi connectivity index (χ4v) is 4.82. The number of nitrogens with zero attached hydrogens (tertiary/aromatic N) is 7. The summed E-state index contributed by atoms with van der Waals surface area (Å²) in [5.74, 6) is 1.34. The molecule has 3 heterocycles. The molecule has 0 radical (unpaired) electrons. The first-order chi connectivity index (χ1) is 18.9. The number of benzene rings is 2. The Bertz CT molecular complexity index is 1320. The van der Waals surface area contributed by atoms with Gasteiger partial charge in [0.05, 0.1) is 11.1 Å². The molecule has 0 saturated carbocycles. The summed E-state index contributed by atoms with van der Waals surface area (Å²) < 4.78 is 13.3. The predicted octanol–water partition coefficient (Wildman–Crippen LogP) is 5.34. The van der Waals surface area contributed by atoms with Gasteiger partial charge in [-0.3, -0.25) is 10.1 Å². The van der Waals surface area contributed by atoms with Crippen LogP contribution in [-0.2, 0) is 0 Å². The first kappa shape index (κ1) is 26.3. The van der Waals surface area contributed by atoms with Crippen LogP contribution in [0, 0.1) is 21.8 Å². The maximum atomic E-state index is 13.3. The number of anilines is 5. The highest BCUT2D eigenvalue weighted by Crippen LogP contribution is 2.32. The molecular weight excluding hydrogens is 501 g/mol. The number of halogens is 1. The maximum absolute atomic E-state index is 13.3. The molecule has 3 aromatic rings. The Hall–Kier alpha value is -4.35. The molecule has 2 saturated heterocycles.